The Morgan fingerprint density at radius 3 is 1.84 bits per heavy atom. The van der Waals surface area contributed by atoms with Gasteiger partial charge in [-0.2, -0.15) is 9.97 Å². The molecule has 0 unspecified atom stereocenters. The molecule has 0 saturated carbocycles. The summed E-state index contributed by atoms with van der Waals surface area (Å²) >= 11 is 1.84. The van der Waals surface area contributed by atoms with Crippen molar-refractivity contribution < 1.29 is 4.42 Å². The minimum absolute atomic E-state index is 0.569. The van der Waals surface area contributed by atoms with E-state index in [-0.39, 0.29) is 0 Å². The lowest BCUT2D eigenvalue weighted by atomic mass is 9.95. The summed E-state index contributed by atoms with van der Waals surface area (Å²) in [5.74, 6) is 1.76. The molecule has 0 atom stereocenters. The van der Waals surface area contributed by atoms with Crippen LogP contribution in [-0.2, 0) is 0 Å². The fraction of sp³-hybridized carbons (Fsp3) is 0. The first-order chi connectivity index (χ1) is 25.3. The molecule has 0 aliphatic heterocycles. The van der Waals surface area contributed by atoms with Crippen molar-refractivity contribution in [1.29, 1.82) is 0 Å². The molecule has 11 aromatic rings. The van der Waals surface area contributed by atoms with Crippen LogP contribution in [-0.4, -0.2) is 19.5 Å². The predicted octanol–water partition coefficient (Wildman–Crippen LogP) is 12.2. The Morgan fingerprint density at radius 1 is 0.431 bits per heavy atom. The molecule has 0 N–H and O–H groups in total. The van der Waals surface area contributed by atoms with Crippen LogP contribution in [0.4, 0.5) is 0 Å². The summed E-state index contributed by atoms with van der Waals surface area (Å²) in [5, 5.41) is 7.04. The molecule has 0 bridgehead atoms. The Balaban J connectivity index is 1.13. The molecule has 0 aliphatic rings. The number of hydrogen-bond acceptors (Lipinski definition) is 5. The van der Waals surface area contributed by atoms with Gasteiger partial charge in [-0.15, -0.1) is 11.3 Å². The number of rotatable bonds is 4. The molecular formula is C45H26N4OS. The van der Waals surface area contributed by atoms with Gasteiger partial charge in [-0.1, -0.05) is 115 Å². The molecule has 5 nitrogen and oxygen atoms in total. The predicted molar refractivity (Wildman–Crippen MR) is 211 cm³/mol. The van der Waals surface area contributed by atoms with Crippen LogP contribution in [0.5, 0.6) is 0 Å². The number of furan rings is 1. The fourth-order valence-corrected chi connectivity index (χ4v) is 8.77. The van der Waals surface area contributed by atoms with Crippen molar-refractivity contribution in [2.75, 3.05) is 0 Å². The Bertz CT molecular complexity index is 3100. The van der Waals surface area contributed by atoms with Gasteiger partial charge in [0.25, 0.3) is 0 Å². The molecule has 0 fully saturated rings. The highest BCUT2D eigenvalue weighted by Gasteiger charge is 2.20. The normalized spacial score (nSPS) is 11.9. The average Bonchev–Trinajstić information content (AvgIpc) is 3.87. The average molecular weight is 671 g/mol. The molecule has 4 aromatic heterocycles. The highest BCUT2D eigenvalue weighted by molar-refractivity contribution is 7.25. The van der Waals surface area contributed by atoms with Crippen molar-refractivity contribution in [1.82, 2.24) is 19.5 Å². The SMILES string of the molecule is c1ccc(-c2nc(-c3ccc4c(c3)oc3cccc(-c5cccc6sc7ccccc7c56)c34)nc(-n3c4ccccc4c4ccccc43)n2)cc1. The van der Waals surface area contributed by atoms with Crippen molar-refractivity contribution in [2.45, 2.75) is 0 Å². The molecule has 11 rings (SSSR count). The smallest absolute Gasteiger partial charge is 0.238 e. The molecule has 0 radical (unpaired) electrons. The van der Waals surface area contributed by atoms with Gasteiger partial charge < -0.3 is 4.42 Å². The number of benzene rings is 7. The summed E-state index contributed by atoms with van der Waals surface area (Å²) in [4.78, 5) is 15.3. The van der Waals surface area contributed by atoms with Crippen LogP contribution in [0.2, 0.25) is 0 Å². The summed E-state index contributed by atoms with van der Waals surface area (Å²) < 4.78 is 11.3. The zero-order valence-electron chi connectivity index (χ0n) is 27.1. The maximum Gasteiger partial charge on any atom is 0.238 e. The standard InChI is InChI=1S/C45H26N4OS/c1-2-12-27(13-3-1)43-46-44(48-45(47-43)49-35-19-7-4-14-29(35)30-15-5-8-20-36(30)49)28-24-25-33-38(26-28)50-37-21-10-17-31(41(33)37)32-18-11-23-40-42(32)34-16-6-9-22-39(34)51-40/h1-26H. The van der Waals surface area contributed by atoms with E-state index in [9.17, 15) is 0 Å². The molecule has 0 aliphatic carbocycles. The van der Waals surface area contributed by atoms with Crippen molar-refractivity contribution in [3.63, 3.8) is 0 Å². The maximum absolute atomic E-state index is 6.62. The Kier molecular flexibility index (Phi) is 6.05. The molecule has 6 heteroatoms. The molecule has 0 spiro atoms. The van der Waals surface area contributed by atoms with E-state index >= 15 is 0 Å². The van der Waals surface area contributed by atoms with E-state index in [2.05, 4.69) is 132 Å². The second-order valence-corrected chi connectivity index (χ2v) is 13.9. The Morgan fingerprint density at radius 2 is 1.06 bits per heavy atom. The summed E-state index contributed by atoms with van der Waals surface area (Å²) in [5.41, 5.74) is 7.88. The van der Waals surface area contributed by atoms with Crippen LogP contribution in [0, 0.1) is 0 Å². The van der Waals surface area contributed by atoms with E-state index in [4.69, 9.17) is 19.4 Å². The van der Waals surface area contributed by atoms with E-state index in [1.54, 1.807) is 0 Å². The maximum atomic E-state index is 6.62. The highest BCUT2D eigenvalue weighted by atomic mass is 32.1. The van der Waals surface area contributed by atoms with Gasteiger partial charge in [0.05, 0.1) is 11.0 Å². The van der Waals surface area contributed by atoms with Crippen LogP contribution in [0.15, 0.2) is 162 Å². The van der Waals surface area contributed by atoms with Gasteiger partial charge in [0.1, 0.15) is 11.2 Å². The van der Waals surface area contributed by atoms with Crippen LogP contribution < -0.4 is 0 Å². The second kappa shape index (κ2) is 10.9. The fourth-order valence-electron chi connectivity index (χ4n) is 7.64. The number of thiophene rings is 1. The topological polar surface area (TPSA) is 56.7 Å². The first-order valence-electron chi connectivity index (χ1n) is 16.9. The van der Waals surface area contributed by atoms with Crippen molar-refractivity contribution in [3.05, 3.63) is 158 Å². The number of fused-ring (bicyclic) bond motifs is 9. The Hall–Kier alpha value is -6.63. The van der Waals surface area contributed by atoms with E-state index in [1.165, 1.54) is 25.7 Å². The third kappa shape index (κ3) is 4.30. The van der Waals surface area contributed by atoms with Crippen molar-refractivity contribution in [2.24, 2.45) is 0 Å². The zero-order valence-corrected chi connectivity index (χ0v) is 27.9. The highest BCUT2D eigenvalue weighted by Crippen LogP contribution is 2.44. The number of nitrogens with zero attached hydrogens (tertiary/aromatic N) is 4. The minimum atomic E-state index is 0.569. The summed E-state index contributed by atoms with van der Waals surface area (Å²) in [6, 6.07) is 54.9. The van der Waals surface area contributed by atoms with E-state index in [0.29, 0.717) is 17.6 Å². The van der Waals surface area contributed by atoms with Crippen LogP contribution in [0.3, 0.4) is 0 Å². The van der Waals surface area contributed by atoms with E-state index in [1.807, 2.05) is 41.7 Å². The van der Waals surface area contributed by atoms with Crippen LogP contribution in [0.1, 0.15) is 0 Å². The molecule has 51 heavy (non-hydrogen) atoms. The molecular weight excluding hydrogens is 645 g/mol. The molecule has 7 aromatic carbocycles. The lowest BCUT2D eigenvalue weighted by Crippen LogP contribution is -2.06. The summed E-state index contributed by atoms with van der Waals surface area (Å²) in [7, 11) is 0. The summed E-state index contributed by atoms with van der Waals surface area (Å²) in [6.45, 7) is 0. The first kappa shape index (κ1) is 28.2. The number of para-hydroxylation sites is 2. The third-order valence-electron chi connectivity index (χ3n) is 9.88. The van der Waals surface area contributed by atoms with E-state index in [0.717, 1.165) is 60.4 Å². The lowest BCUT2D eigenvalue weighted by Gasteiger charge is -2.11. The van der Waals surface area contributed by atoms with Gasteiger partial charge in [-0.05, 0) is 53.6 Å². The van der Waals surface area contributed by atoms with Gasteiger partial charge >= 0.3 is 0 Å². The van der Waals surface area contributed by atoms with Crippen molar-refractivity contribution in [3.8, 4) is 39.9 Å². The molecule has 238 valence electrons. The molecule has 0 amide bonds. The monoisotopic (exact) mass is 670 g/mol. The van der Waals surface area contributed by atoms with Crippen LogP contribution >= 0.6 is 11.3 Å². The second-order valence-electron chi connectivity index (χ2n) is 12.8. The number of hydrogen-bond donors (Lipinski definition) is 0. The number of aromatic nitrogens is 4. The van der Waals surface area contributed by atoms with Gasteiger partial charge in [0.15, 0.2) is 11.6 Å². The largest absolute Gasteiger partial charge is 0.456 e. The first-order valence-corrected chi connectivity index (χ1v) is 17.8. The summed E-state index contributed by atoms with van der Waals surface area (Å²) in [6.07, 6.45) is 0. The van der Waals surface area contributed by atoms with Gasteiger partial charge in [-0.25, -0.2) is 4.98 Å². The molecule has 0 saturated heterocycles. The zero-order chi connectivity index (χ0) is 33.5. The van der Waals surface area contributed by atoms with Crippen LogP contribution in [0.25, 0.3) is 104 Å². The van der Waals surface area contributed by atoms with Crippen molar-refractivity contribution >= 4 is 75.3 Å². The van der Waals surface area contributed by atoms with E-state index < -0.39 is 0 Å². The van der Waals surface area contributed by atoms with Gasteiger partial charge in [0.2, 0.25) is 5.95 Å². The minimum Gasteiger partial charge on any atom is -0.456 e. The van der Waals surface area contributed by atoms with Gasteiger partial charge in [0, 0.05) is 52.8 Å². The third-order valence-corrected chi connectivity index (χ3v) is 11.0. The lowest BCUT2D eigenvalue weighted by molar-refractivity contribution is 0.669. The quantitative estimate of drug-likeness (QED) is 0.187. The molecule has 4 heterocycles. The van der Waals surface area contributed by atoms with Gasteiger partial charge in [-0.3, -0.25) is 4.57 Å². The Labute approximate surface area is 295 Å².